The Morgan fingerprint density at radius 1 is 1.33 bits per heavy atom. The van der Waals surface area contributed by atoms with E-state index in [1.807, 2.05) is 6.92 Å². The SMILES string of the molecule is Cc1ccc(/C=C2\SC(=S)N(NC(=O)c3ccccc3Br)C2=O)o1. The van der Waals surface area contributed by atoms with Crippen molar-refractivity contribution in [2.75, 3.05) is 0 Å². The number of hydrogen-bond acceptors (Lipinski definition) is 5. The highest BCUT2D eigenvalue weighted by Crippen LogP contribution is 2.32. The lowest BCUT2D eigenvalue weighted by Crippen LogP contribution is -2.44. The molecular formula is C16H11BrN2O3S2. The van der Waals surface area contributed by atoms with Crippen LogP contribution < -0.4 is 5.43 Å². The Kier molecular flexibility index (Phi) is 4.88. The molecule has 0 saturated carbocycles. The average Bonchev–Trinajstić information content (AvgIpc) is 3.06. The predicted octanol–water partition coefficient (Wildman–Crippen LogP) is 3.90. The third kappa shape index (κ3) is 3.45. The van der Waals surface area contributed by atoms with E-state index in [1.165, 1.54) is 0 Å². The fraction of sp³-hybridized carbons (Fsp3) is 0.0625. The number of benzene rings is 1. The summed E-state index contributed by atoms with van der Waals surface area (Å²) in [6.45, 7) is 1.82. The zero-order chi connectivity index (χ0) is 17.3. The van der Waals surface area contributed by atoms with Crippen LogP contribution in [0.4, 0.5) is 0 Å². The molecule has 1 aromatic heterocycles. The highest BCUT2D eigenvalue weighted by Gasteiger charge is 2.34. The maximum absolute atomic E-state index is 12.5. The van der Waals surface area contributed by atoms with Gasteiger partial charge in [0.25, 0.3) is 11.8 Å². The molecule has 2 heterocycles. The number of nitrogens with zero attached hydrogens (tertiary/aromatic N) is 1. The van der Waals surface area contributed by atoms with Crippen molar-refractivity contribution in [3.63, 3.8) is 0 Å². The van der Waals surface area contributed by atoms with Crippen LogP contribution >= 0.6 is 39.9 Å². The number of furan rings is 1. The second-order valence-electron chi connectivity index (χ2n) is 4.89. The van der Waals surface area contributed by atoms with E-state index in [0.717, 1.165) is 22.5 Å². The molecule has 0 atom stereocenters. The first kappa shape index (κ1) is 16.9. The van der Waals surface area contributed by atoms with Gasteiger partial charge in [0.2, 0.25) is 0 Å². The van der Waals surface area contributed by atoms with Crippen LogP contribution in [0.25, 0.3) is 6.08 Å². The molecule has 0 bridgehead atoms. The Balaban J connectivity index is 1.79. The van der Waals surface area contributed by atoms with Crippen molar-refractivity contribution in [3.8, 4) is 0 Å². The van der Waals surface area contributed by atoms with E-state index in [9.17, 15) is 9.59 Å². The van der Waals surface area contributed by atoms with E-state index in [4.69, 9.17) is 16.6 Å². The van der Waals surface area contributed by atoms with Crippen LogP contribution in [0, 0.1) is 6.92 Å². The number of rotatable bonds is 3. The van der Waals surface area contributed by atoms with Gasteiger partial charge in [0.15, 0.2) is 4.32 Å². The summed E-state index contributed by atoms with van der Waals surface area (Å²) in [7, 11) is 0. The topological polar surface area (TPSA) is 62.6 Å². The number of carbonyl (C=O) groups is 2. The van der Waals surface area contributed by atoms with Gasteiger partial charge in [-0.05, 0) is 59.3 Å². The van der Waals surface area contributed by atoms with E-state index in [1.54, 1.807) is 42.5 Å². The summed E-state index contributed by atoms with van der Waals surface area (Å²) < 4.78 is 6.33. The molecule has 2 amide bonds. The van der Waals surface area contributed by atoms with Crippen LogP contribution in [0.5, 0.6) is 0 Å². The summed E-state index contributed by atoms with van der Waals surface area (Å²) >= 11 is 9.61. The summed E-state index contributed by atoms with van der Waals surface area (Å²) in [6.07, 6.45) is 1.61. The second kappa shape index (κ2) is 6.92. The third-order valence-corrected chi connectivity index (χ3v) is 5.15. The summed E-state index contributed by atoms with van der Waals surface area (Å²) in [4.78, 5) is 25.2. The summed E-state index contributed by atoms with van der Waals surface area (Å²) in [6, 6.07) is 10.5. The van der Waals surface area contributed by atoms with E-state index in [-0.39, 0.29) is 10.2 Å². The molecular weight excluding hydrogens is 412 g/mol. The van der Waals surface area contributed by atoms with Crippen molar-refractivity contribution in [2.24, 2.45) is 0 Å². The number of amides is 2. The van der Waals surface area contributed by atoms with E-state index < -0.39 is 5.91 Å². The zero-order valence-corrected chi connectivity index (χ0v) is 15.6. The van der Waals surface area contributed by atoms with E-state index in [0.29, 0.717) is 20.7 Å². The van der Waals surface area contributed by atoms with Gasteiger partial charge in [0.1, 0.15) is 11.5 Å². The molecule has 1 fully saturated rings. The molecule has 0 unspecified atom stereocenters. The van der Waals surface area contributed by atoms with Crippen molar-refractivity contribution in [1.29, 1.82) is 0 Å². The molecule has 0 aliphatic carbocycles. The van der Waals surface area contributed by atoms with Gasteiger partial charge in [0, 0.05) is 10.5 Å². The van der Waals surface area contributed by atoms with Gasteiger partial charge in [-0.2, -0.15) is 5.01 Å². The molecule has 1 saturated heterocycles. The highest BCUT2D eigenvalue weighted by atomic mass is 79.9. The molecule has 1 aromatic carbocycles. The second-order valence-corrected chi connectivity index (χ2v) is 7.42. The maximum Gasteiger partial charge on any atom is 0.285 e. The van der Waals surface area contributed by atoms with Crippen LogP contribution in [0.1, 0.15) is 21.9 Å². The first-order chi connectivity index (χ1) is 11.5. The number of halogens is 1. The van der Waals surface area contributed by atoms with Gasteiger partial charge >= 0.3 is 0 Å². The van der Waals surface area contributed by atoms with E-state index in [2.05, 4.69) is 21.4 Å². The monoisotopic (exact) mass is 422 g/mol. The molecule has 0 radical (unpaired) electrons. The molecule has 1 N–H and O–H groups in total. The fourth-order valence-electron chi connectivity index (χ4n) is 2.03. The summed E-state index contributed by atoms with van der Waals surface area (Å²) in [5, 5.41) is 1.07. The Labute approximate surface area is 156 Å². The number of nitrogens with one attached hydrogen (secondary N) is 1. The summed E-state index contributed by atoms with van der Waals surface area (Å²) in [5.74, 6) is 0.498. The van der Waals surface area contributed by atoms with Crippen LogP contribution in [0.3, 0.4) is 0 Å². The Morgan fingerprint density at radius 2 is 2.08 bits per heavy atom. The van der Waals surface area contributed by atoms with Crippen molar-refractivity contribution in [1.82, 2.24) is 10.4 Å². The standard InChI is InChI=1S/C16H11BrN2O3S2/c1-9-6-7-10(22-9)8-13-15(21)19(16(23)24-13)18-14(20)11-4-2-3-5-12(11)17/h2-8H,1H3,(H,18,20)/b13-8-. The third-order valence-electron chi connectivity index (χ3n) is 3.16. The van der Waals surface area contributed by atoms with Gasteiger partial charge in [0.05, 0.1) is 10.5 Å². The predicted molar refractivity (Wildman–Crippen MR) is 100 cm³/mol. The largest absolute Gasteiger partial charge is 0.462 e. The van der Waals surface area contributed by atoms with Crippen molar-refractivity contribution in [3.05, 3.63) is 62.9 Å². The lowest BCUT2D eigenvalue weighted by Gasteiger charge is -2.16. The number of hydrogen-bond donors (Lipinski definition) is 1. The number of thiocarbonyl (C=S) groups is 1. The van der Waals surface area contributed by atoms with Gasteiger partial charge in [-0.15, -0.1) is 0 Å². The van der Waals surface area contributed by atoms with Gasteiger partial charge < -0.3 is 4.42 Å². The lowest BCUT2D eigenvalue weighted by atomic mass is 10.2. The van der Waals surface area contributed by atoms with E-state index >= 15 is 0 Å². The van der Waals surface area contributed by atoms with Crippen molar-refractivity contribution >= 4 is 62.1 Å². The van der Waals surface area contributed by atoms with Crippen LogP contribution in [0.15, 0.2) is 50.2 Å². The van der Waals surface area contributed by atoms with Crippen LogP contribution in [-0.4, -0.2) is 21.1 Å². The molecule has 1 aliphatic rings. The molecule has 3 rings (SSSR count). The van der Waals surface area contributed by atoms with Crippen molar-refractivity contribution < 1.29 is 14.0 Å². The number of thioether (sulfide) groups is 1. The number of aryl methyl sites for hydroxylation is 1. The molecule has 0 spiro atoms. The Morgan fingerprint density at radius 3 is 2.75 bits per heavy atom. The molecule has 5 nitrogen and oxygen atoms in total. The fourth-order valence-corrected chi connectivity index (χ4v) is 3.66. The molecule has 8 heteroatoms. The quantitative estimate of drug-likeness (QED) is 0.600. The highest BCUT2D eigenvalue weighted by molar-refractivity contribution is 9.10. The minimum absolute atomic E-state index is 0.259. The minimum atomic E-state index is -0.422. The normalized spacial score (nSPS) is 16.1. The van der Waals surface area contributed by atoms with Crippen LogP contribution in [0.2, 0.25) is 0 Å². The van der Waals surface area contributed by atoms with Gasteiger partial charge in [-0.3, -0.25) is 15.0 Å². The molecule has 2 aromatic rings. The molecule has 122 valence electrons. The first-order valence-corrected chi connectivity index (χ1v) is 8.87. The molecule has 24 heavy (non-hydrogen) atoms. The Bertz CT molecular complexity index is 876. The summed E-state index contributed by atoms with van der Waals surface area (Å²) in [5.41, 5.74) is 2.95. The van der Waals surface area contributed by atoms with Gasteiger partial charge in [-0.25, -0.2) is 0 Å². The zero-order valence-electron chi connectivity index (χ0n) is 12.4. The maximum atomic E-state index is 12.5. The average molecular weight is 423 g/mol. The van der Waals surface area contributed by atoms with Gasteiger partial charge in [-0.1, -0.05) is 23.9 Å². The number of carbonyl (C=O) groups excluding carboxylic acids is 2. The molecule has 1 aliphatic heterocycles. The Hall–Kier alpha value is -1.90. The minimum Gasteiger partial charge on any atom is -0.462 e. The van der Waals surface area contributed by atoms with Crippen LogP contribution in [-0.2, 0) is 4.79 Å². The number of hydrazine groups is 1. The first-order valence-electron chi connectivity index (χ1n) is 6.85. The lowest BCUT2D eigenvalue weighted by molar-refractivity contribution is -0.123. The smallest absolute Gasteiger partial charge is 0.285 e. The van der Waals surface area contributed by atoms with Crippen molar-refractivity contribution in [2.45, 2.75) is 6.92 Å².